The number of furan rings is 1. The smallest absolute Gasteiger partial charge is 0.293 e. The highest BCUT2D eigenvalue weighted by Crippen LogP contribution is 2.27. The average Bonchev–Trinajstić information content (AvgIpc) is 3.28. The van der Waals surface area contributed by atoms with Crippen LogP contribution in [-0.2, 0) is 4.79 Å². The first-order valence-electron chi connectivity index (χ1n) is 8.32. The molecule has 0 fully saturated rings. The number of nitrogens with one attached hydrogen (secondary N) is 2. The van der Waals surface area contributed by atoms with Crippen LogP contribution >= 0.6 is 22.9 Å². The van der Waals surface area contributed by atoms with Gasteiger partial charge in [0.15, 0.2) is 10.9 Å². The van der Waals surface area contributed by atoms with Gasteiger partial charge in [-0.05, 0) is 36.4 Å². The van der Waals surface area contributed by atoms with Gasteiger partial charge in [-0.2, -0.15) is 0 Å². The maximum absolute atomic E-state index is 12.5. The zero-order chi connectivity index (χ0) is 19.7. The fourth-order valence-corrected chi connectivity index (χ4v) is 3.57. The van der Waals surface area contributed by atoms with Gasteiger partial charge in [-0.3, -0.25) is 14.9 Å². The second kappa shape index (κ2) is 7.46. The summed E-state index contributed by atoms with van der Waals surface area (Å²) in [6, 6.07) is 14.1. The summed E-state index contributed by atoms with van der Waals surface area (Å²) in [7, 11) is 0. The molecule has 0 unspecified atom stereocenters. The number of fused-ring (bicyclic) bond motifs is 1. The van der Waals surface area contributed by atoms with Crippen LogP contribution in [0.1, 0.15) is 17.5 Å². The van der Waals surface area contributed by atoms with E-state index in [1.165, 1.54) is 18.3 Å². The molecule has 2 N–H and O–H groups in total. The number of aromatic nitrogens is 1. The van der Waals surface area contributed by atoms with Crippen LogP contribution in [0, 0.1) is 0 Å². The molecule has 140 valence electrons. The van der Waals surface area contributed by atoms with Crippen LogP contribution < -0.4 is 10.6 Å². The molecule has 0 saturated carbocycles. The van der Waals surface area contributed by atoms with Crippen molar-refractivity contribution in [2.75, 3.05) is 10.6 Å². The summed E-state index contributed by atoms with van der Waals surface area (Å²) >= 11 is 7.28. The quantitative estimate of drug-likeness (QED) is 0.469. The number of halogens is 1. The number of amides is 2. The first-order valence-corrected chi connectivity index (χ1v) is 9.58. The molecule has 0 saturated heterocycles. The number of hydrogen-bond acceptors (Lipinski definition) is 5. The van der Waals surface area contributed by atoms with Crippen LogP contribution in [0.3, 0.4) is 0 Å². The number of rotatable bonds is 4. The molecule has 2 aromatic carbocycles. The number of thiazole rings is 1. The van der Waals surface area contributed by atoms with Crippen molar-refractivity contribution < 1.29 is 14.0 Å². The van der Waals surface area contributed by atoms with E-state index in [9.17, 15) is 9.59 Å². The van der Waals surface area contributed by atoms with Crippen LogP contribution in [0.2, 0.25) is 5.02 Å². The van der Waals surface area contributed by atoms with E-state index in [1.54, 1.807) is 36.4 Å². The van der Waals surface area contributed by atoms with Crippen molar-refractivity contribution in [1.82, 2.24) is 4.98 Å². The zero-order valence-electron chi connectivity index (χ0n) is 14.7. The first-order chi connectivity index (χ1) is 13.5. The SMILES string of the molecule is CC(=O)Nc1ccc(-c2csc(NC(=O)c3cc4cc(Cl)ccc4o3)n2)cc1. The normalized spacial score (nSPS) is 10.8. The minimum absolute atomic E-state index is 0.126. The van der Waals surface area contributed by atoms with Crippen LogP contribution in [0.5, 0.6) is 0 Å². The Hall–Kier alpha value is -3.16. The Kier molecular flexibility index (Phi) is 4.85. The minimum Gasteiger partial charge on any atom is -0.451 e. The third-order valence-electron chi connectivity index (χ3n) is 3.93. The van der Waals surface area contributed by atoms with Crippen molar-refractivity contribution in [3.8, 4) is 11.3 Å². The molecule has 6 nitrogen and oxygen atoms in total. The molecule has 4 rings (SSSR count). The van der Waals surface area contributed by atoms with Crippen molar-refractivity contribution >= 4 is 56.5 Å². The van der Waals surface area contributed by atoms with E-state index in [-0.39, 0.29) is 17.6 Å². The third kappa shape index (κ3) is 3.90. The van der Waals surface area contributed by atoms with Crippen molar-refractivity contribution in [3.63, 3.8) is 0 Å². The Balaban J connectivity index is 1.49. The van der Waals surface area contributed by atoms with Gasteiger partial charge < -0.3 is 9.73 Å². The first kappa shape index (κ1) is 18.2. The summed E-state index contributed by atoms with van der Waals surface area (Å²) in [5, 5.41) is 9.11. The molecular formula is C20H14ClN3O3S. The van der Waals surface area contributed by atoms with E-state index in [4.69, 9.17) is 16.0 Å². The van der Waals surface area contributed by atoms with Gasteiger partial charge in [0.1, 0.15) is 5.58 Å². The lowest BCUT2D eigenvalue weighted by Crippen LogP contribution is -2.10. The van der Waals surface area contributed by atoms with E-state index in [0.29, 0.717) is 21.4 Å². The third-order valence-corrected chi connectivity index (χ3v) is 4.92. The number of anilines is 2. The van der Waals surface area contributed by atoms with Crippen LogP contribution in [-0.4, -0.2) is 16.8 Å². The molecule has 28 heavy (non-hydrogen) atoms. The molecule has 0 bridgehead atoms. The van der Waals surface area contributed by atoms with Gasteiger partial charge in [-0.1, -0.05) is 23.7 Å². The number of hydrogen-bond donors (Lipinski definition) is 2. The highest BCUT2D eigenvalue weighted by molar-refractivity contribution is 7.14. The minimum atomic E-state index is -0.380. The van der Waals surface area contributed by atoms with Crippen molar-refractivity contribution in [3.05, 3.63) is 64.7 Å². The highest BCUT2D eigenvalue weighted by Gasteiger charge is 2.15. The molecule has 4 aromatic rings. The molecule has 2 heterocycles. The fourth-order valence-electron chi connectivity index (χ4n) is 2.68. The van der Waals surface area contributed by atoms with E-state index >= 15 is 0 Å². The van der Waals surface area contributed by atoms with Gasteiger partial charge in [-0.15, -0.1) is 11.3 Å². The number of carbonyl (C=O) groups is 2. The van der Waals surface area contributed by atoms with Gasteiger partial charge >= 0.3 is 0 Å². The highest BCUT2D eigenvalue weighted by atomic mass is 35.5. The van der Waals surface area contributed by atoms with Crippen molar-refractivity contribution in [2.24, 2.45) is 0 Å². The molecule has 0 aliphatic rings. The number of carbonyl (C=O) groups excluding carboxylic acids is 2. The molecule has 0 spiro atoms. The van der Waals surface area contributed by atoms with Gasteiger partial charge in [0.2, 0.25) is 5.91 Å². The maximum atomic E-state index is 12.5. The van der Waals surface area contributed by atoms with Gasteiger partial charge in [0.25, 0.3) is 5.91 Å². The van der Waals surface area contributed by atoms with Crippen LogP contribution in [0.25, 0.3) is 22.2 Å². The molecule has 0 aliphatic carbocycles. The molecule has 0 aliphatic heterocycles. The van der Waals surface area contributed by atoms with Gasteiger partial charge in [0.05, 0.1) is 5.69 Å². The lowest BCUT2D eigenvalue weighted by atomic mass is 10.1. The average molecular weight is 412 g/mol. The number of nitrogens with zero attached hydrogens (tertiary/aromatic N) is 1. The molecular weight excluding hydrogens is 398 g/mol. The van der Waals surface area contributed by atoms with Crippen molar-refractivity contribution in [1.29, 1.82) is 0 Å². The molecule has 2 aromatic heterocycles. The summed E-state index contributed by atoms with van der Waals surface area (Å²) in [4.78, 5) is 28.0. The maximum Gasteiger partial charge on any atom is 0.293 e. The topological polar surface area (TPSA) is 84.2 Å². The summed E-state index contributed by atoms with van der Waals surface area (Å²) in [5.41, 5.74) is 2.91. The second-order valence-corrected chi connectivity index (χ2v) is 7.34. The monoisotopic (exact) mass is 411 g/mol. The Labute approximate surface area is 169 Å². The van der Waals surface area contributed by atoms with E-state index in [1.807, 2.05) is 17.5 Å². The van der Waals surface area contributed by atoms with Gasteiger partial charge in [0, 0.05) is 34.0 Å². The van der Waals surface area contributed by atoms with Crippen molar-refractivity contribution in [2.45, 2.75) is 6.92 Å². The predicted molar refractivity (Wildman–Crippen MR) is 111 cm³/mol. The molecule has 0 atom stereocenters. The lowest BCUT2D eigenvalue weighted by molar-refractivity contribution is -0.114. The Bertz CT molecular complexity index is 1180. The van der Waals surface area contributed by atoms with E-state index < -0.39 is 0 Å². The molecule has 2 amide bonds. The zero-order valence-corrected chi connectivity index (χ0v) is 16.2. The fraction of sp³-hybridized carbons (Fsp3) is 0.0500. The summed E-state index contributed by atoms with van der Waals surface area (Å²) < 4.78 is 5.56. The summed E-state index contributed by atoms with van der Waals surface area (Å²) in [6.45, 7) is 1.46. The Morgan fingerprint density at radius 1 is 1.07 bits per heavy atom. The molecule has 0 radical (unpaired) electrons. The standard InChI is InChI=1S/C20H14ClN3O3S/c1-11(25)22-15-5-2-12(3-6-15)16-10-28-20(23-16)24-19(26)18-9-13-8-14(21)4-7-17(13)27-18/h2-10H,1H3,(H,22,25)(H,23,24,26). The molecule has 8 heteroatoms. The Morgan fingerprint density at radius 3 is 2.61 bits per heavy atom. The summed E-state index contributed by atoms with van der Waals surface area (Å²) in [6.07, 6.45) is 0. The van der Waals surface area contributed by atoms with Gasteiger partial charge in [-0.25, -0.2) is 4.98 Å². The van der Waals surface area contributed by atoms with Crippen LogP contribution in [0.4, 0.5) is 10.8 Å². The van der Waals surface area contributed by atoms with E-state index in [0.717, 1.165) is 16.6 Å². The second-order valence-electron chi connectivity index (χ2n) is 6.04. The largest absolute Gasteiger partial charge is 0.451 e. The predicted octanol–water partition coefficient (Wildman–Crippen LogP) is 5.42. The number of benzene rings is 2. The van der Waals surface area contributed by atoms with Crippen LogP contribution in [0.15, 0.2) is 58.3 Å². The lowest BCUT2D eigenvalue weighted by Gasteiger charge is -2.02. The summed E-state index contributed by atoms with van der Waals surface area (Å²) in [5.74, 6) is -0.317. The van der Waals surface area contributed by atoms with E-state index in [2.05, 4.69) is 15.6 Å². The Morgan fingerprint density at radius 2 is 1.86 bits per heavy atom.